The van der Waals surface area contributed by atoms with Gasteiger partial charge in [0.05, 0.1) is 17.9 Å². The van der Waals surface area contributed by atoms with E-state index in [1.807, 2.05) is 36.1 Å². The van der Waals surface area contributed by atoms with Gasteiger partial charge in [-0.3, -0.25) is 14.4 Å². The molecule has 1 N–H and O–H groups in total. The molecule has 8 heteroatoms. The Bertz CT molecular complexity index is 967. The van der Waals surface area contributed by atoms with Gasteiger partial charge in [-0.1, -0.05) is 52.0 Å². The van der Waals surface area contributed by atoms with Crippen molar-refractivity contribution in [2.45, 2.75) is 90.5 Å². The third kappa shape index (κ3) is 4.87. The highest BCUT2D eigenvalue weighted by molar-refractivity contribution is 6.00. The number of unbranched alkanes of at least 4 members (excludes halogenated alkanes) is 1. The first-order valence-corrected chi connectivity index (χ1v) is 13.9. The summed E-state index contributed by atoms with van der Waals surface area (Å²) in [7, 11) is 0. The molecule has 4 aliphatic rings. The van der Waals surface area contributed by atoms with E-state index in [1.54, 1.807) is 9.80 Å². The van der Waals surface area contributed by atoms with Gasteiger partial charge in [0, 0.05) is 38.3 Å². The number of aliphatic hydroxyl groups excluding tert-OH is 1. The molecule has 4 heterocycles. The Balaban J connectivity index is 1.78. The van der Waals surface area contributed by atoms with Crippen molar-refractivity contribution in [2.75, 3.05) is 32.8 Å². The van der Waals surface area contributed by atoms with E-state index in [2.05, 4.69) is 34.6 Å². The van der Waals surface area contributed by atoms with Gasteiger partial charge in [0.15, 0.2) is 0 Å². The van der Waals surface area contributed by atoms with Crippen molar-refractivity contribution in [3.05, 3.63) is 24.3 Å². The Morgan fingerprint density at radius 3 is 2.38 bits per heavy atom. The maximum absolute atomic E-state index is 14.5. The predicted molar refractivity (Wildman–Crippen MR) is 141 cm³/mol. The first kappa shape index (κ1) is 27.8. The molecule has 2 fully saturated rings. The minimum Gasteiger partial charge on any atom is -0.396 e. The second-order valence-corrected chi connectivity index (χ2v) is 12.9. The molecule has 1 spiro atoms. The minimum atomic E-state index is -1.19. The summed E-state index contributed by atoms with van der Waals surface area (Å²) >= 11 is 0. The molecule has 0 radical (unpaired) electrons. The van der Waals surface area contributed by atoms with Crippen molar-refractivity contribution < 1.29 is 24.2 Å². The fourth-order valence-corrected chi connectivity index (χ4v) is 7.23. The second-order valence-electron chi connectivity index (χ2n) is 12.9. The lowest BCUT2D eigenvalue weighted by atomic mass is 9.77. The van der Waals surface area contributed by atoms with Gasteiger partial charge in [-0.15, -0.1) is 0 Å². The number of carbonyl (C=O) groups is 3. The van der Waals surface area contributed by atoms with E-state index in [9.17, 15) is 19.5 Å². The maximum Gasteiger partial charge on any atom is 0.249 e. The van der Waals surface area contributed by atoms with Crippen molar-refractivity contribution in [2.24, 2.45) is 17.3 Å². The Kier molecular flexibility index (Phi) is 7.65. The molecule has 5 atom stereocenters. The molecular weight excluding hydrogens is 470 g/mol. The van der Waals surface area contributed by atoms with E-state index in [0.717, 1.165) is 12.8 Å². The van der Waals surface area contributed by atoms with Gasteiger partial charge in [-0.05, 0) is 44.9 Å². The molecule has 0 aromatic rings. The summed E-state index contributed by atoms with van der Waals surface area (Å²) < 4.78 is 6.70. The van der Waals surface area contributed by atoms with Crippen LogP contribution in [0.4, 0.5) is 0 Å². The van der Waals surface area contributed by atoms with E-state index < -0.39 is 35.1 Å². The molecule has 0 bridgehead atoms. The van der Waals surface area contributed by atoms with Gasteiger partial charge in [-0.2, -0.15) is 0 Å². The lowest BCUT2D eigenvalue weighted by molar-refractivity contribution is -0.152. The molecule has 4 aliphatic heterocycles. The monoisotopic (exact) mass is 515 g/mol. The normalized spacial score (nSPS) is 32.0. The molecule has 2 saturated heterocycles. The number of nitrogens with zero attached hydrogens (tertiary/aromatic N) is 3. The van der Waals surface area contributed by atoms with Crippen LogP contribution in [0.3, 0.4) is 0 Å². The van der Waals surface area contributed by atoms with Gasteiger partial charge in [0.1, 0.15) is 11.6 Å². The van der Waals surface area contributed by atoms with Crippen LogP contribution >= 0.6 is 0 Å². The lowest BCUT2D eigenvalue weighted by Crippen LogP contribution is -2.60. The molecule has 3 amide bonds. The SMILES string of the molecule is CCCN1CC=C[C@H]2O[C@]34C=CCN(C(C)(C)CC(C)(C)C)C(=O)C3N(CCCCO)C(=O)[C@@H]4[C@H]2C1=O. The fraction of sp³-hybridized carbons (Fsp3) is 0.759. The van der Waals surface area contributed by atoms with Crippen molar-refractivity contribution in [3.63, 3.8) is 0 Å². The maximum atomic E-state index is 14.5. The van der Waals surface area contributed by atoms with Crippen LogP contribution in [-0.2, 0) is 19.1 Å². The van der Waals surface area contributed by atoms with Crippen LogP contribution in [0.25, 0.3) is 0 Å². The number of likely N-dealkylation sites (tertiary alicyclic amines) is 1. The van der Waals surface area contributed by atoms with Crippen LogP contribution in [0.1, 0.15) is 67.2 Å². The summed E-state index contributed by atoms with van der Waals surface area (Å²) in [5.41, 5.74) is -1.63. The second kappa shape index (κ2) is 10.2. The molecule has 37 heavy (non-hydrogen) atoms. The van der Waals surface area contributed by atoms with E-state index in [4.69, 9.17) is 4.74 Å². The third-order valence-electron chi connectivity index (χ3n) is 8.24. The summed E-state index contributed by atoms with van der Waals surface area (Å²) in [5, 5.41) is 9.38. The number of carbonyl (C=O) groups excluding carboxylic acids is 3. The van der Waals surface area contributed by atoms with Crippen molar-refractivity contribution >= 4 is 17.7 Å². The smallest absolute Gasteiger partial charge is 0.249 e. The Hall–Kier alpha value is -2.19. The number of rotatable bonds is 8. The number of aliphatic hydroxyl groups is 1. The van der Waals surface area contributed by atoms with Gasteiger partial charge < -0.3 is 24.5 Å². The summed E-state index contributed by atoms with van der Waals surface area (Å²) in [6, 6.07) is -0.838. The first-order valence-electron chi connectivity index (χ1n) is 13.9. The van der Waals surface area contributed by atoms with Crippen LogP contribution in [0.5, 0.6) is 0 Å². The highest BCUT2D eigenvalue weighted by Crippen LogP contribution is 2.54. The summed E-state index contributed by atoms with van der Waals surface area (Å²) in [6.45, 7) is 14.6. The Morgan fingerprint density at radius 1 is 1.00 bits per heavy atom. The van der Waals surface area contributed by atoms with E-state index in [0.29, 0.717) is 39.0 Å². The van der Waals surface area contributed by atoms with Crippen molar-refractivity contribution in [1.29, 1.82) is 0 Å². The molecule has 4 rings (SSSR count). The lowest BCUT2D eigenvalue weighted by Gasteiger charge is -2.44. The van der Waals surface area contributed by atoms with Gasteiger partial charge >= 0.3 is 0 Å². The van der Waals surface area contributed by atoms with Crippen molar-refractivity contribution in [3.8, 4) is 0 Å². The van der Waals surface area contributed by atoms with Gasteiger partial charge in [0.2, 0.25) is 17.7 Å². The van der Waals surface area contributed by atoms with Crippen LogP contribution in [0.2, 0.25) is 0 Å². The summed E-state index contributed by atoms with van der Waals surface area (Å²) in [6.07, 6.45) is 9.93. The predicted octanol–water partition coefficient (Wildman–Crippen LogP) is 2.76. The Labute approximate surface area is 221 Å². The molecule has 1 unspecified atom stereocenters. The zero-order chi connectivity index (χ0) is 27.2. The molecule has 0 saturated carbocycles. The largest absolute Gasteiger partial charge is 0.396 e. The fourth-order valence-electron chi connectivity index (χ4n) is 7.23. The summed E-state index contributed by atoms with van der Waals surface area (Å²) in [5.74, 6) is -1.80. The molecule has 0 aliphatic carbocycles. The van der Waals surface area contributed by atoms with E-state index in [-0.39, 0.29) is 29.7 Å². The van der Waals surface area contributed by atoms with Gasteiger partial charge in [-0.25, -0.2) is 0 Å². The van der Waals surface area contributed by atoms with E-state index in [1.165, 1.54) is 0 Å². The molecule has 0 aromatic heterocycles. The zero-order valence-corrected chi connectivity index (χ0v) is 23.4. The number of amides is 3. The Morgan fingerprint density at radius 2 is 1.73 bits per heavy atom. The third-order valence-corrected chi connectivity index (χ3v) is 8.24. The van der Waals surface area contributed by atoms with E-state index >= 15 is 0 Å². The van der Waals surface area contributed by atoms with Crippen LogP contribution in [0, 0.1) is 17.3 Å². The molecule has 8 nitrogen and oxygen atoms in total. The van der Waals surface area contributed by atoms with Crippen molar-refractivity contribution in [1.82, 2.24) is 14.7 Å². The average Bonchev–Trinajstić information content (AvgIpc) is 3.10. The number of ether oxygens (including phenoxy) is 1. The topological polar surface area (TPSA) is 90.4 Å². The summed E-state index contributed by atoms with van der Waals surface area (Å²) in [4.78, 5) is 47.7. The quantitative estimate of drug-likeness (QED) is 0.397. The molecular formula is C29H45N3O5. The average molecular weight is 516 g/mol. The van der Waals surface area contributed by atoms with Gasteiger partial charge in [0.25, 0.3) is 0 Å². The molecule has 206 valence electrons. The number of hydrogen-bond acceptors (Lipinski definition) is 5. The first-order chi connectivity index (χ1) is 17.4. The highest BCUT2D eigenvalue weighted by atomic mass is 16.5. The number of fused-ring (bicyclic) bond motifs is 2. The minimum absolute atomic E-state index is 0.00330. The van der Waals surface area contributed by atoms with Crippen LogP contribution in [0.15, 0.2) is 24.3 Å². The highest BCUT2D eigenvalue weighted by Gasteiger charge is 2.72. The standard InChI is InChI=1S/C29H45N3O5/c1-7-14-30-15-10-12-20-21(24(30)34)22-25(35)31(16-8-9-18-33)23-26(36)32(17-11-13-29(22,23)37-20)28(5,6)19-27(2,3)4/h10-13,20-23,33H,7-9,14-19H2,1-6H3/t20-,21+,22+,23?,29+/m1/s1. The number of hydrogen-bond donors (Lipinski definition) is 1. The van der Waals surface area contributed by atoms with Crippen LogP contribution in [-0.4, -0.2) is 93.6 Å². The molecule has 0 aromatic carbocycles. The van der Waals surface area contributed by atoms with Crippen LogP contribution < -0.4 is 0 Å². The zero-order valence-electron chi connectivity index (χ0n) is 23.4.